The van der Waals surface area contributed by atoms with Crippen molar-refractivity contribution >= 4 is 0 Å². The first-order valence-corrected chi connectivity index (χ1v) is 9.14. The van der Waals surface area contributed by atoms with Gasteiger partial charge in [-0.3, -0.25) is 9.88 Å². The van der Waals surface area contributed by atoms with Gasteiger partial charge in [-0.25, -0.2) is 0 Å². The molecular formula is C21H26N2O. The van der Waals surface area contributed by atoms with Crippen LogP contribution in [0.1, 0.15) is 43.4 Å². The third-order valence-corrected chi connectivity index (χ3v) is 5.78. The molecule has 0 saturated carbocycles. The van der Waals surface area contributed by atoms with Crippen molar-refractivity contribution in [3.63, 3.8) is 0 Å². The molecule has 24 heavy (non-hydrogen) atoms. The van der Waals surface area contributed by atoms with E-state index in [0.717, 1.165) is 37.9 Å². The van der Waals surface area contributed by atoms with Crippen LogP contribution in [0.5, 0.6) is 0 Å². The van der Waals surface area contributed by atoms with Crippen molar-refractivity contribution in [2.45, 2.75) is 62.8 Å². The molecule has 2 unspecified atom stereocenters. The summed E-state index contributed by atoms with van der Waals surface area (Å²) < 4.78 is 0. The fraction of sp³-hybridized carbons (Fsp3) is 0.476. The van der Waals surface area contributed by atoms with Crippen LogP contribution in [0.25, 0.3) is 0 Å². The van der Waals surface area contributed by atoms with Crippen molar-refractivity contribution in [1.29, 1.82) is 0 Å². The molecular weight excluding hydrogens is 296 g/mol. The van der Waals surface area contributed by atoms with E-state index in [2.05, 4.69) is 46.3 Å². The van der Waals surface area contributed by atoms with Gasteiger partial charge in [0, 0.05) is 30.5 Å². The minimum Gasteiger partial charge on any atom is -0.390 e. The summed E-state index contributed by atoms with van der Waals surface area (Å²) in [5.74, 6) is 0. The first-order chi connectivity index (χ1) is 11.7. The monoisotopic (exact) mass is 322 g/mol. The lowest BCUT2D eigenvalue weighted by molar-refractivity contribution is -0.0596. The van der Waals surface area contributed by atoms with Gasteiger partial charge in [0.05, 0.1) is 5.60 Å². The number of pyridine rings is 1. The van der Waals surface area contributed by atoms with Crippen molar-refractivity contribution < 1.29 is 5.11 Å². The second-order valence-electron chi connectivity index (χ2n) is 7.50. The molecule has 1 N–H and O–H groups in total. The summed E-state index contributed by atoms with van der Waals surface area (Å²) in [5.41, 5.74) is 1.95. The Bertz CT molecular complexity index is 644. The average molecular weight is 322 g/mol. The van der Waals surface area contributed by atoms with Gasteiger partial charge < -0.3 is 5.11 Å². The van der Waals surface area contributed by atoms with Crippen LogP contribution in [0.3, 0.4) is 0 Å². The Hall–Kier alpha value is -1.71. The summed E-state index contributed by atoms with van der Waals surface area (Å²) in [6.07, 6.45) is 7.80. The predicted octanol–water partition coefficient (Wildman–Crippen LogP) is 3.57. The van der Waals surface area contributed by atoms with Crippen molar-refractivity contribution in [2.24, 2.45) is 0 Å². The second kappa shape index (κ2) is 6.66. The molecule has 3 heteroatoms. The fourth-order valence-electron chi connectivity index (χ4n) is 4.58. The Labute approximate surface area is 144 Å². The van der Waals surface area contributed by atoms with E-state index in [-0.39, 0.29) is 0 Å². The molecule has 4 rings (SSSR count). The molecule has 1 aromatic heterocycles. The van der Waals surface area contributed by atoms with E-state index >= 15 is 0 Å². The Balaban J connectivity index is 1.40. The molecule has 0 spiro atoms. The van der Waals surface area contributed by atoms with Crippen LogP contribution in [0.15, 0.2) is 54.7 Å². The van der Waals surface area contributed by atoms with Crippen LogP contribution in [0, 0.1) is 0 Å². The van der Waals surface area contributed by atoms with E-state index in [0.29, 0.717) is 12.1 Å². The number of benzene rings is 1. The topological polar surface area (TPSA) is 36.4 Å². The Morgan fingerprint density at radius 3 is 2.38 bits per heavy atom. The minimum absolute atomic E-state index is 0.517. The lowest BCUT2D eigenvalue weighted by Gasteiger charge is -2.44. The zero-order valence-electron chi connectivity index (χ0n) is 14.1. The summed E-state index contributed by atoms with van der Waals surface area (Å²) in [7, 11) is 0. The summed E-state index contributed by atoms with van der Waals surface area (Å²) in [4.78, 5) is 7.03. The Kier molecular flexibility index (Phi) is 4.38. The highest BCUT2D eigenvalue weighted by Gasteiger charge is 2.46. The molecule has 2 atom stereocenters. The number of piperidine rings is 1. The maximum Gasteiger partial charge on any atom is 0.0681 e. The highest BCUT2D eigenvalue weighted by molar-refractivity contribution is 5.16. The quantitative estimate of drug-likeness (QED) is 0.914. The first kappa shape index (κ1) is 15.8. The third-order valence-electron chi connectivity index (χ3n) is 5.78. The summed E-state index contributed by atoms with van der Waals surface area (Å²) in [6.45, 7) is 1.02. The number of aliphatic hydroxyl groups is 1. The smallest absolute Gasteiger partial charge is 0.0681 e. The van der Waals surface area contributed by atoms with Gasteiger partial charge in [0.25, 0.3) is 0 Å². The fourth-order valence-corrected chi connectivity index (χ4v) is 4.58. The summed E-state index contributed by atoms with van der Waals surface area (Å²) in [6, 6.07) is 17.8. The third kappa shape index (κ3) is 3.38. The van der Waals surface area contributed by atoms with E-state index in [9.17, 15) is 5.11 Å². The lowest BCUT2D eigenvalue weighted by atomic mass is 9.82. The number of aromatic nitrogens is 1. The Morgan fingerprint density at radius 1 is 1.00 bits per heavy atom. The SMILES string of the molecule is OC1(CCc2ccccn2)CC2CCC(C1)N2Cc1ccccc1. The maximum atomic E-state index is 11.1. The molecule has 0 aliphatic carbocycles. The van der Waals surface area contributed by atoms with E-state index in [1.54, 1.807) is 0 Å². The van der Waals surface area contributed by atoms with Crippen LogP contribution < -0.4 is 0 Å². The molecule has 2 aliphatic rings. The number of fused-ring (bicyclic) bond motifs is 2. The van der Waals surface area contributed by atoms with Crippen molar-refractivity contribution in [2.75, 3.05) is 0 Å². The molecule has 0 amide bonds. The second-order valence-corrected chi connectivity index (χ2v) is 7.50. The standard InChI is InChI=1S/C21H26N2O/c24-21(12-11-18-8-4-5-13-22-18)14-19-9-10-20(15-21)23(19)16-17-6-2-1-3-7-17/h1-8,13,19-20,24H,9-12,14-16H2. The Morgan fingerprint density at radius 2 is 1.71 bits per heavy atom. The molecule has 2 bridgehead atoms. The minimum atomic E-state index is -0.517. The largest absolute Gasteiger partial charge is 0.390 e. The molecule has 0 radical (unpaired) electrons. The van der Waals surface area contributed by atoms with E-state index in [4.69, 9.17) is 0 Å². The van der Waals surface area contributed by atoms with Gasteiger partial charge in [-0.05, 0) is 56.2 Å². The van der Waals surface area contributed by atoms with Crippen LogP contribution >= 0.6 is 0 Å². The zero-order chi connectivity index (χ0) is 16.4. The number of nitrogens with zero attached hydrogens (tertiary/aromatic N) is 2. The number of hydrogen-bond acceptors (Lipinski definition) is 3. The van der Waals surface area contributed by atoms with Crippen molar-refractivity contribution in [3.8, 4) is 0 Å². The number of rotatable bonds is 5. The van der Waals surface area contributed by atoms with Crippen LogP contribution in [0.2, 0.25) is 0 Å². The van der Waals surface area contributed by atoms with Crippen LogP contribution in [0.4, 0.5) is 0 Å². The van der Waals surface area contributed by atoms with Gasteiger partial charge >= 0.3 is 0 Å². The maximum absolute atomic E-state index is 11.1. The van der Waals surface area contributed by atoms with Gasteiger partial charge in [-0.15, -0.1) is 0 Å². The average Bonchev–Trinajstić information content (AvgIpc) is 2.86. The lowest BCUT2D eigenvalue weighted by Crippen LogP contribution is -2.50. The highest BCUT2D eigenvalue weighted by atomic mass is 16.3. The van der Waals surface area contributed by atoms with Gasteiger partial charge in [0.15, 0.2) is 0 Å². The van der Waals surface area contributed by atoms with Crippen molar-refractivity contribution in [1.82, 2.24) is 9.88 Å². The van der Waals surface area contributed by atoms with Gasteiger partial charge in [-0.2, -0.15) is 0 Å². The van der Waals surface area contributed by atoms with E-state index < -0.39 is 5.60 Å². The van der Waals surface area contributed by atoms with Gasteiger partial charge in [0.2, 0.25) is 0 Å². The highest BCUT2D eigenvalue weighted by Crippen LogP contribution is 2.43. The molecule has 126 valence electrons. The van der Waals surface area contributed by atoms with Crippen LogP contribution in [-0.2, 0) is 13.0 Å². The van der Waals surface area contributed by atoms with E-state index in [1.807, 2.05) is 18.3 Å². The molecule has 3 heterocycles. The van der Waals surface area contributed by atoms with E-state index in [1.165, 1.54) is 18.4 Å². The molecule has 2 saturated heterocycles. The molecule has 2 fully saturated rings. The first-order valence-electron chi connectivity index (χ1n) is 9.14. The van der Waals surface area contributed by atoms with Gasteiger partial charge in [-0.1, -0.05) is 36.4 Å². The number of hydrogen-bond donors (Lipinski definition) is 1. The van der Waals surface area contributed by atoms with Crippen LogP contribution in [-0.4, -0.2) is 32.7 Å². The molecule has 2 aliphatic heterocycles. The van der Waals surface area contributed by atoms with Gasteiger partial charge in [0.1, 0.15) is 0 Å². The summed E-state index contributed by atoms with van der Waals surface area (Å²) in [5, 5.41) is 11.1. The zero-order valence-corrected chi connectivity index (χ0v) is 14.1. The molecule has 3 nitrogen and oxygen atoms in total. The predicted molar refractivity (Wildman–Crippen MR) is 95.5 cm³/mol. The number of aryl methyl sites for hydroxylation is 1. The normalized spacial score (nSPS) is 29.7. The summed E-state index contributed by atoms with van der Waals surface area (Å²) >= 11 is 0. The van der Waals surface area contributed by atoms with Crippen molar-refractivity contribution in [3.05, 3.63) is 66.0 Å². The molecule has 2 aromatic rings. The molecule has 1 aromatic carbocycles.